The molecule has 0 saturated carbocycles. The fourth-order valence-corrected chi connectivity index (χ4v) is 10.2. The standard InChI is InChI=1S/C12H30ClN2O2P.C6H16NO2P/c1-9(2)14(10(3)4)18(13,16,17)15(11(5)6)12(7)8;1-5(2)7(6(3)4)10(8)9/h9-12,16-17H,1-8H3;5-6,8-9H,1-4H3. The van der Waals surface area contributed by atoms with E-state index in [0.29, 0.717) is 0 Å². The molecule has 28 heavy (non-hydrogen) atoms. The number of hydrogen-bond acceptors (Lipinski definition) is 7. The molecule has 0 amide bonds. The summed E-state index contributed by atoms with van der Waals surface area (Å²) in [5.41, 5.74) is 0. The molecule has 0 aliphatic carbocycles. The Morgan fingerprint density at radius 1 is 0.571 bits per heavy atom. The van der Waals surface area contributed by atoms with Crippen molar-refractivity contribution in [2.24, 2.45) is 0 Å². The Bertz CT molecular complexity index is 383. The first-order valence-electron chi connectivity index (χ1n) is 10.0. The van der Waals surface area contributed by atoms with Gasteiger partial charge in [-0.1, -0.05) is 0 Å². The minimum atomic E-state index is -4.56. The second-order valence-corrected chi connectivity index (χ2v) is 14.2. The van der Waals surface area contributed by atoms with Crippen molar-refractivity contribution in [3.05, 3.63) is 0 Å². The van der Waals surface area contributed by atoms with E-state index >= 15 is 0 Å². The van der Waals surface area contributed by atoms with Crippen molar-refractivity contribution >= 4 is 26.5 Å². The van der Waals surface area contributed by atoms with Gasteiger partial charge in [0, 0.05) is 12.1 Å². The molecule has 0 aliphatic heterocycles. The molecule has 0 aromatic heterocycles. The molecule has 0 rings (SSSR count). The van der Waals surface area contributed by atoms with Crippen LogP contribution in [0.25, 0.3) is 0 Å². The van der Waals surface area contributed by atoms with Crippen LogP contribution in [0.4, 0.5) is 0 Å². The Balaban J connectivity index is 0. The van der Waals surface area contributed by atoms with Crippen molar-refractivity contribution in [1.29, 1.82) is 0 Å². The quantitative estimate of drug-likeness (QED) is 0.360. The van der Waals surface area contributed by atoms with E-state index in [4.69, 9.17) is 21.0 Å². The number of nitrogens with zero attached hydrogens (tertiary/aromatic N) is 3. The first-order valence-corrected chi connectivity index (χ1v) is 14.2. The molecule has 174 valence electrons. The minimum Gasteiger partial charge on any atom is -0.338 e. The summed E-state index contributed by atoms with van der Waals surface area (Å²) in [6.07, 6.45) is 0. The van der Waals surface area contributed by atoms with Crippen LogP contribution in [0.1, 0.15) is 83.1 Å². The van der Waals surface area contributed by atoms with Gasteiger partial charge in [0.05, 0.1) is 0 Å². The fourth-order valence-electron chi connectivity index (χ4n) is 3.91. The van der Waals surface area contributed by atoms with E-state index in [9.17, 15) is 9.79 Å². The Hall–Kier alpha value is 0.870. The van der Waals surface area contributed by atoms with Crippen LogP contribution in [-0.4, -0.2) is 69.8 Å². The summed E-state index contributed by atoms with van der Waals surface area (Å²) < 4.78 is 4.94. The predicted molar refractivity (Wildman–Crippen MR) is 125 cm³/mol. The smallest absolute Gasteiger partial charge is 0.253 e. The van der Waals surface area contributed by atoms with Gasteiger partial charge < -0.3 is 9.79 Å². The first kappa shape index (κ1) is 31.1. The van der Waals surface area contributed by atoms with E-state index in [1.807, 2.05) is 83.1 Å². The maximum atomic E-state index is 10.9. The third-order valence-electron chi connectivity index (χ3n) is 4.18. The van der Waals surface area contributed by atoms with E-state index in [1.54, 1.807) is 14.0 Å². The Labute approximate surface area is 179 Å². The Morgan fingerprint density at radius 3 is 0.857 bits per heavy atom. The van der Waals surface area contributed by atoms with Gasteiger partial charge in [0.1, 0.15) is 0 Å². The second kappa shape index (κ2) is 12.0. The van der Waals surface area contributed by atoms with Gasteiger partial charge in [-0.15, -0.1) is 0 Å². The van der Waals surface area contributed by atoms with Gasteiger partial charge in [-0.05, 0) is 27.7 Å². The van der Waals surface area contributed by atoms with Crippen LogP contribution in [0.3, 0.4) is 0 Å². The number of halogens is 1. The molecule has 0 fully saturated rings. The molecular formula is C18H46ClN3O4P2. The summed E-state index contributed by atoms with van der Waals surface area (Å²) in [6, 6.07) is 0.206. The zero-order chi connectivity index (χ0) is 23.2. The molecule has 0 aliphatic rings. The first-order chi connectivity index (χ1) is 12.3. The maximum absolute atomic E-state index is 10.9. The molecule has 4 N–H and O–H groups in total. The van der Waals surface area contributed by atoms with Crippen LogP contribution in [0, 0.1) is 0 Å². The van der Waals surface area contributed by atoms with Crippen molar-refractivity contribution < 1.29 is 19.6 Å². The van der Waals surface area contributed by atoms with E-state index < -0.39 is 15.2 Å². The molecule has 0 aromatic rings. The van der Waals surface area contributed by atoms with Crippen LogP contribution in [0.15, 0.2) is 0 Å². The van der Waals surface area contributed by atoms with Crippen LogP contribution in [-0.2, 0) is 0 Å². The van der Waals surface area contributed by atoms with Crippen molar-refractivity contribution in [1.82, 2.24) is 14.0 Å². The molecule has 0 aromatic carbocycles. The minimum absolute atomic E-state index is 0.0461. The monoisotopic (exact) mass is 465 g/mol. The van der Waals surface area contributed by atoms with Crippen LogP contribution in [0.5, 0.6) is 0 Å². The van der Waals surface area contributed by atoms with Crippen LogP contribution in [0.2, 0.25) is 0 Å². The summed E-state index contributed by atoms with van der Waals surface area (Å²) >= 11 is 6.40. The van der Waals surface area contributed by atoms with Gasteiger partial charge in [-0.2, -0.15) is 0 Å². The topological polar surface area (TPSA) is 90.6 Å². The summed E-state index contributed by atoms with van der Waals surface area (Å²) in [4.78, 5) is 39.6. The molecule has 0 radical (unpaired) electrons. The van der Waals surface area contributed by atoms with E-state index in [1.165, 1.54) is 0 Å². The molecule has 0 saturated heterocycles. The van der Waals surface area contributed by atoms with Crippen molar-refractivity contribution in [2.45, 2.75) is 119 Å². The third-order valence-corrected chi connectivity index (χ3v) is 10.00. The average molecular weight is 466 g/mol. The van der Waals surface area contributed by atoms with Gasteiger partial charge in [0.15, 0.2) is 0 Å². The fraction of sp³-hybridized carbons (Fsp3) is 1.00. The largest absolute Gasteiger partial charge is 0.338 e. The zero-order valence-corrected chi connectivity index (χ0v) is 22.4. The molecule has 10 heteroatoms. The molecule has 0 spiro atoms. The summed E-state index contributed by atoms with van der Waals surface area (Å²) in [5.74, 6) is 0. The Kier molecular flexibility index (Phi) is 13.4. The van der Waals surface area contributed by atoms with Crippen LogP contribution >= 0.6 is 26.5 Å². The van der Waals surface area contributed by atoms with Crippen molar-refractivity contribution in [2.75, 3.05) is 0 Å². The molecule has 0 bridgehead atoms. The predicted octanol–water partition coefficient (Wildman–Crippen LogP) is 4.89. The maximum Gasteiger partial charge on any atom is 0.253 e. The molecule has 0 unspecified atom stereocenters. The van der Waals surface area contributed by atoms with Crippen molar-refractivity contribution in [3.63, 3.8) is 0 Å². The SMILES string of the molecule is CC(C)N(C(C)C)P(O)(O)(Cl)N(C(C)C)C(C)C.CC(C)N(C(C)C)P(O)O. The molecule has 7 nitrogen and oxygen atoms in total. The summed E-state index contributed by atoms with van der Waals surface area (Å²) in [6.45, 7) is 18.6. The average Bonchev–Trinajstić information content (AvgIpc) is 2.32. The summed E-state index contributed by atoms with van der Waals surface area (Å²) in [5, 5.41) is 0. The van der Waals surface area contributed by atoms with E-state index in [2.05, 4.69) is 0 Å². The number of hydrogen-bond donors (Lipinski definition) is 4. The zero-order valence-electron chi connectivity index (χ0n) is 19.9. The van der Waals surface area contributed by atoms with Crippen molar-refractivity contribution in [3.8, 4) is 0 Å². The van der Waals surface area contributed by atoms with Gasteiger partial charge >= 0.3 is 117 Å². The van der Waals surface area contributed by atoms with E-state index in [0.717, 1.165) is 0 Å². The van der Waals surface area contributed by atoms with E-state index in [-0.39, 0.29) is 36.3 Å². The molecule has 0 heterocycles. The normalized spacial score (nSPS) is 15.0. The Morgan fingerprint density at radius 2 is 0.786 bits per heavy atom. The van der Waals surface area contributed by atoms with Gasteiger partial charge in [0.2, 0.25) is 0 Å². The van der Waals surface area contributed by atoms with Gasteiger partial charge in [0.25, 0.3) is 8.53 Å². The van der Waals surface area contributed by atoms with Gasteiger partial charge in [-0.3, -0.25) is 0 Å². The number of rotatable bonds is 9. The van der Waals surface area contributed by atoms with Gasteiger partial charge in [-0.25, -0.2) is 4.67 Å². The van der Waals surface area contributed by atoms with Crippen LogP contribution < -0.4 is 0 Å². The molecule has 0 atom stereocenters. The third kappa shape index (κ3) is 8.93. The second-order valence-electron chi connectivity index (χ2n) is 8.81. The molecular weight excluding hydrogens is 420 g/mol. The summed E-state index contributed by atoms with van der Waals surface area (Å²) in [7, 11) is -1.91.